The van der Waals surface area contributed by atoms with E-state index in [-0.39, 0.29) is 0 Å². The quantitative estimate of drug-likeness (QED) is 0.482. The van der Waals surface area contributed by atoms with Gasteiger partial charge in [0.2, 0.25) is 0 Å². The molecule has 3 nitrogen and oxygen atoms in total. The number of benzene rings is 2. The van der Waals surface area contributed by atoms with Crippen molar-refractivity contribution in [3.05, 3.63) is 77.8 Å². The van der Waals surface area contributed by atoms with Crippen LogP contribution in [0.15, 0.2) is 72.2 Å². The van der Waals surface area contributed by atoms with Gasteiger partial charge in [0.05, 0.1) is 29.6 Å². The zero-order valence-corrected chi connectivity index (χ0v) is 15.0. The first-order valence-electron chi connectivity index (χ1n) is 8.10. The third-order valence-electron chi connectivity index (χ3n) is 4.25. The molecule has 0 saturated heterocycles. The molecule has 0 fully saturated rings. The lowest BCUT2D eigenvalue weighted by Crippen LogP contribution is -1.98. The van der Waals surface area contributed by atoms with Crippen LogP contribution in [-0.4, -0.2) is 16.9 Å². The minimum Gasteiger partial charge on any atom is -0.497 e. The van der Waals surface area contributed by atoms with Crippen LogP contribution >= 0.6 is 11.3 Å². The van der Waals surface area contributed by atoms with Crippen molar-refractivity contribution in [1.29, 1.82) is 0 Å². The molecule has 0 amide bonds. The molecule has 4 rings (SSSR count). The van der Waals surface area contributed by atoms with Crippen molar-refractivity contribution in [2.24, 2.45) is 0 Å². The molecule has 0 N–H and O–H groups in total. The Bertz CT molecular complexity index is 984. The number of ether oxygens (including phenoxy) is 1. The summed E-state index contributed by atoms with van der Waals surface area (Å²) in [4.78, 5) is 1.24. The Morgan fingerprint density at radius 3 is 2.36 bits per heavy atom. The first-order valence-corrected chi connectivity index (χ1v) is 8.98. The molecule has 0 aliphatic carbocycles. The van der Waals surface area contributed by atoms with E-state index in [9.17, 15) is 0 Å². The summed E-state index contributed by atoms with van der Waals surface area (Å²) in [6.45, 7) is 2.14. The predicted octanol–water partition coefficient (Wildman–Crippen LogP) is 5.58. The second kappa shape index (κ2) is 6.57. The van der Waals surface area contributed by atoms with Crippen LogP contribution in [0.25, 0.3) is 27.4 Å². The number of methoxy groups -OCH3 is 1. The summed E-state index contributed by atoms with van der Waals surface area (Å²) in [5.41, 5.74) is 5.70. The smallest absolute Gasteiger partial charge is 0.118 e. The van der Waals surface area contributed by atoms with Gasteiger partial charge in [-0.2, -0.15) is 5.10 Å². The molecule has 2 aromatic carbocycles. The molecular weight excluding hydrogens is 328 g/mol. The fourth-order valence-electron chi connectivity index (χ4n) is 2.93. The van der Waals surface area contributed by atoms with Gasteiger partial charge < -0.3 is 4.74 Å². The number of aromatic nitrogens is 2. The SMILES string of the molecule is COc1ccc(-c2cnn(-c3ccccc3)c2-c2sccc2C)cc1. The summed E-state index contributed by atoms with van der Waals surface area (Å²) >= 11 is 1.75. The van der Waals surface area contributed by atoms with Crippen LogP contribution in [0.1, 0.15) is 5.56 Å². The normalized spacial score (nSPS) is 10.8. The van der Waals surface area contributed by atoms with E-state index in [0.717, 1.165) is 28.3 Å². The van der Waals surface area contributed by atoms with E-state index >= 15 is 0 Å². The molecule has 0 aliphatic rings. The summed E-state index contributed by atoms with van der Waals surface area (Å²) < 4.78 is 7.31. The highest BCUT2D eigenvalue weighted by molar-refractivity contribution is 7.13. The lowest BCUT2D eigenvalue weighted by Gasteiger charge is -2.10. The maximum Gasteiger partial charge on any atom is 0.118 e. The molecule has 0 atom stereocenters. The summed E-state index contributed by atoms with van der Waals surface area (Å²) in [7, 11) is 1.68. The lowest BCUT2D eigenvalue weighted by atomic mass is 10.0. The van der Waals surface area contributed by atoms with Crippen LogP contribution in [-0.2, 0) is 0 Å². The van der Waals surface area contributed by atoms with E-state index in [1.165, 1.54) is 10.4 Å². The van der Waals surface area contributed by atoms with E-state index in [0.29, 0.717) is 0 Å². The van der Waals surface area contributed by atoms with Crippen molar-refractivity contribution in [2.75, 3.05) is 7.11 Å². The van der Waals surface area contributed by atoms with Gasteiger partial charge in [-0.3, -0.25) is 0 Å². The molecule has 2 aromatic heterocycles. The van der Waals surface area contributed by atoms with Gasteiger partial charge in [0, 0.05) is 5.56 Å². The van der Waals surface area contributed by atoms with E-state index in [4.69, 9.17) is 9.84 Å². The monoisotopic (exact) mass is 346 g/mol. The predicted molar refractivity (Wildman–Crippen MR) is 104 cm³/mol. The summed E-state index contributed by atoms with van der Waals surface area (Å²) in [6.07, 6.45) is 1.95. The Labute approximate surface area is 151 Å². The van der Waals surface area contributed by atoms with Crippen LogP contribution in [0.5, 0.6) is 5.75 Å². The van der Waals surface area contributed by atoms with Gasteiger partial charge in [0.15, 0.2) is 0 Å². The molecule has 124 valence electrons. The Kier molecular flexibility index (Phi) is 4.12. The van der Waals surface area contributed by atoms with Gasteiger partial charge in [-0.05, 0) is 53.8 Å². The second-order valence-corrected chi connectivity index (χ2v) is 6.73. The number of hydrogen-bond donors (Lipinski definition) is 0. The third kappa shape index (κ3) is 2.85. The molecule has 0 bridgehead atoms. The van der Waals surface area contributed by atoms with Crippen LogP contribution < -0.4 is 4.74 Å². The fraction of sp³-hybridized carbons (Fsp3) is 0.0952. The van der Waals surface area contributed by atoms with Crippen LogP contribution in [0.2, 0.25) is 0 Å². The zero-order valence-electron chi connectivity index (χ0n) is 14.1. The molecule has 4 heteroatoms. The van der Waals surface area contributed by atoms with E-state index in [1.54, 1.807) is 18.4 Å². The largest absolute Gasteiger partial charge is 0.497 e. The highest BCUT2D eigenvalue weighted by atomic mass is 32.1. The highest BCUT2D eigenvalue weighted by Crippen LogP contribution is 2.38. The van der Waals surface area contributed by atoms with Crippen molar-refractivity contribution < 1.29 is 4.74 Å². The van der Waals surface area contributed by atoms with Crippen molar-refractivity contribution >= 4 is 11.3 Å². The minimum absolute atomic E-state index is 0.855. The summed E-state index contributed by atoms with van der Waals surface area (Å²) in [5.74, 6) is 0.855. The Morgan fingerprint density at radius 2 is 1.72 bits per heavy atom. The molecule has 0 unspecified atom stereocenters. The van der Waals surface area contributed by atoms with Gasteiger partial charge in [-0.15, -0.1) is 11.3 Å². The van der Waals surface area contributed by atoms with Crippen molar-refractivity contribution in [3.63, 3.8) is 0 Å². The molecule has 0 radical (unpaired) electrons. The first kappa shape index (κ1) is 15.7. The number of aryl methyl sites for hydroxylation is 1. The topological polar surface area (TPSA) is 27.1 Å². The van der Waals surface area contributed by atoms with Crippen molar-refractivity contribution in [1.82, 2.24) is 9.78 Å². The molecule has 2 heterocycles. The number of thiophene rings is 1. The van der Waals surface area contributed by atoms with Gasteiger partial charge in [0.25, 0.3) is 0 Å². The maximum absolute atomic E-state index is 5.28. The number of hydrogen-bond acceptors (Lipinski definition) is 3. The number of para-hydroxylation sites is 1. The van der Waals surface area contributed by atoms with Gasteiger partial charge in [0.1, 0.15) is 5.75 Å². The minimum atomic E-state index is 0.855. The average molecular weight is 346 g/mol. The maximum atomic E-state index is 5.28. The first-order chi connectivity index (χ1) is 12.3. The standard InChI is InChI=1S/C21H18N2OS/c1-15-12-13-25-21(15)20-19(16-8-10-18(24-2)11-9-16)14-22-23(20)17-6-4-3-5-7-17/h3-14H,1-2H3. The second-order valence-electron chi connectivity index (χ2n) is 5.82. The molecule has 0 spiro atoms. The molecular formula is C21H18N2OS. The van der Waals surface area contributed by atoms with Crippen molar-refractivity contribution in [3.8, 4) is 33.1 Å². The fourth-order valence-corrected chi connectivity index (χ4v) is 3.90. The van der Waals surface area contributed by atoms with Crippen LogP contribution in [0.3, 0.4) is 0 Å². The Balaban J connectivity index is 1.93. The Morgan fingerprint density at radius 1 is 0.960 bits per heavy atom. The number of rotatable bonds is 4. The van der Waals surface area contributed by atoms with Crippen molar-refractivity contribution in [2.45, 2.75) is 6.92 Å². The van der Waals surface area contributed by atoms with E-state index in [2.05, 4.69) is 42.6 Å². The van der Waals surface area contributed by atoms with Gasteiger partial charge in [-0.25, -0.2) is 4.68 Å². The van der Waals surface area contributed by atoms with Gasteiger partial charge in [-0.1, -0.05) is 30.3 Å². The molecule has 25 heavy (non-hydrogen) atoms. The Hall–Kier alpha value is -2.85. The summed E-state index contributed by atoms with van der Waals surface area (Å²) in [6, 6.07) is 20.5. The highest BCUT2D eigenvalue weighted by Gasteiger charge is 2.18. The summed E-state index contributed by atoms with van der Waals surface area (Å²) in [5, 5.41) is 6.82. The molecule has 0 saturated carbocycles. The molecule has 4 aromatic rings. The van der Waals surface area contributed by atoms with E-state index in [1.807, 2.05) is 41.2 Å². The van der Waals surface area contributed by atoms with Crippen LogP contribution in [0.4, 0.5) is 0 Å². The third-order valence-corrected chi connectivity index (χ3v) is 5.27. The molecule has 0 aliphatic heterocycles. The number of nitrogens with zero attached hydrogens (tertiary/aromatic N) is 2. The van der Waals surface area contributed by atoms with Gasteiger partial charge >= 0.3 is 0 Å². The van der Waals surface area contributed by atoms with Crippen LogP contribution in [0, 0.1) is 6.92 Å². The van der Waals surface area contributed by atoms with E-state index < -0.39 is 0 Å². The zero-order chi connectivity index (χ0) is 17.2. The lowest BCUT2D eigenvalue weighted by molar-refractivity contribution is 0.415. The average Bonchev–Trinajstić information content (AvgIpc) is 3.28.